The van der Waals surface area contributed by atoms with Crippen LogP contribution in [0.25, 0.3) is 11.4 Å². The Morgan fingerprint density at radius 3 is 2.58 bits per heavy atom. The molecule has 0 saturated carbocycles. The van der Waals surface area contributed by atoms with Crippen molar-refractivity contribution in [3.63, 3.8) is 0 Å². The minimum atomic E-state index is 0.0104. The Morgan fingerprint density at radius 1 is 0.970 bits per heavy atom. The molecule has 0 unspecified atom stereocenters. The van der Waals surface area contributed by atoms with Crippen molar-refractivity contribution in [1.82, 2.24) is 24.8 Å². The fourth-order valence-corrected chi connectivity index (χ4v) is 5.04. The van der Waals surface area contributed by atoms with Gasteiger partial charge in [0.05, 0.1) is 11.7 Å². The van der Waals surface area contributed by atoms with Crippen molar-refractivity contribution in [2.75, 3.05) is 24.5 Å². The number of hydrogen-bond acceptors (Lipinski definition) is 6. The van der Waals surface area contributed by atoms with Gasteiger partial charge in [0, 0.05) is 55.2 Å². The highest BCUT2D eigenvalue weighted by Crippen LogP contribution is 2.34. The standard InChI is InChI=1S/C25H27ClN6O/c26-20-5-1-4-19(17-20)24-27-12-7-21(30-24)22-6-2-13-32(22)23(33)16-18-8-14-31(15-9-18)25-28-10-3-11-29-25/h1,3-5,7,10-12,17-18,22H,2,6,8-9,13-16H2/t22-/m0/s1. The van der Waals surface area contributed by atoms with Crippen molar-refractivity contribution in [3.05, 3.63) is 65.7 Å². The van der Waals surface area contributed by atoms with Crippen molar-refractivity contribution in [3.8, 4) is 11.4 Å². The molecular formula is C25H27ClN6O. The third-order valence-corrected chi connectivity index (χ3v) is 6.82. The monoisotopic (exact) mass is 462 g/mol. The molecule has 1 aromatic carbocycles. The number of anilines is 1. The lowest BCUT2D eigenvalue weighted by Gasteiger charge is -2.33. The van der Waals surface area contributed by atoms with E-state index in [1.807, 2.05) is 41.3 Å². The second-order valence-electron chi connectivity index (χ2n) is 8.74. The summed E-state index contributed by atoms with van der Waals surface area (Å²) >= 11 is 6.14. The summed E-state index contributed by atoms with van der Waals surface area (Å²) in [5, 5.41) is 0.657. The van der Waals surface area contributed by atoms with Gasteiger partial charge in [-0.15, -0.1) is 0 Å². The van der Waals surface area contributed by atoms with Crippen LogP contribution < -0.4 is 4.90 Å². The average molecular weight is 463 g/mol. The number of aromatic nitrogens is 4. The average Bonchev–Trinajstić information content (AvgIpc) is 3.36. The van der Waals surface area contributed by atoms with E-state index >= 15 is 0 Å². The highest BCUT2D eigenvalue weighted by Gasteiger charge is 2.33. The third kappa shape index (κ3) is 4.98. The maximum absolute atomic E-state index is 13.3. The van der Waals surface area contributed by atoms with Crippen LogP contribution in [0, 0.1) is 5.92 Å². The second kappa shape index (κ2) is 9.83. The number of likely N-dealkylation sites (tertiary alicyclic amines) is 1. The normalized spacial score (nSPS) is 19.1. The fraction of sp³-hybridized carbons (Fsp3) is 0.400. The van der Waals surface area contributed by atoms with Crippen LogP contribution in [0.3, 0.4) is 0 Å². The SMILES string of the molecule is O=C(CC1CCN(c2ncccn2)CC1)N1CCC[C@H]1c1ccnc(-c2cccc(Cl)c2)n1. The molecule has 2 fully saturated rings. The first-order valence-corrected chi connectivity index (χ1v) is 12.0. The maximum atomic E-state index is 13.3. The van der Waals surface area contributed by atoms with E-state index in [1.165, 1.54) is 0 Å². The van der Waals surface area contributed by atoms with Gasteiger partial charge in [0.15, 0.2) is 5.82 Å². The largest absolute Gasteiger partial charge is 0.341 e. The predicted molar refractivity (Wildman–Crippen MR) is 128 cm³/mol. The van der Waals surface area contributed by atoms with Gasteiger partial charge in [0.25, 0.3) is 0 Å². The van der Waals surface area contributed by atoms with Crippen molar-refractivity contribution < 1.29 is 4.79 Å². The quantitative estimate of drug-likeness (QED) is 0.553. The fourth-order valence-electron chi connectivity index (χ4n) is 4.85. The molecule has 3 aromatic rings. The van der Waals surface area contributed by atoms with E-state index < -0.39 is 0 Å². The topological polar surface area (TPSA) is 75.1 Å². The molecule has 2 aromatic heterocycles. The Morgan fingerprint density at radius 2 is 1.79 bits per heavy atom. The number of carbonyl (C=O) groups excluding carboxylic acids is 1. The van der Waals surface area contributed by atoms with Crippen LogP contribution in [0.15, 0.2) is 55.0 Å². The van der Waals surface area contributed by atoms with Gasteiger partial charge in [-0.1, -0.05) is 23.7 Å². The summed E-state index contributed by atoms with van der Waals surface area (Å²) in [6.45, 7) is 2.57. The smallest absolute Gasteiger partial charge is 0.225 e. The molecule has 0 aliphatic carbocycles. The Bertz CT molecular complexity index is 1100. The molecule has 33 heavy (non-hydrogen) atoms. The number of nitrogens with zero attached hydrogens (tertiary/aromatic N) is 6. The molecule has 1 amide bonds. The van der Waals surface area contributed by atoms with E-state index in [1.54, 1.807) is 18.6 Å². The summed E-state index contributed by atoms with van der Waals surface area (Å²) in [5.74, 6) is 2.05. The Labute approximate surface area is 198 Å². The van der Waals surface area contributed by atoms with Crippen molar-refractivity contribution in [1.29, 1.82) is 0 Å². The molecule has 2 aliphatic heterocycles. The van der Waals surface area contributed by atoms with Gasteiger partial charge in [-0.2, -0.15) is 0 Å². The Kier molecular flexibility index (Phi) is 6.48. The zero-order valence-corrected chi connectivity index (χ0v) is 19.2. The molecule has 0 radical (unpaired) electrons. The van der Waals surface area contributed by atoms with Crippen LogP contribution >= 0.6 is 11.6 Å². The summed E-state index contributed by atoms with van der Waals surface area (Å²) in [7, 11) is 0. The van der Waals surface area contributed by atoms with Gasteiger partial charge in [-0.25, -0.2) is 19.9 Å². The molecule has 1 atom stereocenters. The van der Waals surface area contributed by atoms with Gasteiger partial charge in [-0.3, -0.25) is 4.79 Å². The number of amides is 1. The minimum Gasteiger partial charge on any atom is -0.341 e. The summed E-state index contributed by atoms with van der Waals surface area (Å²) in [6, 6.07) is 11.3. The van der Waals surface area contributed by atoms with Crippen LogP contribution in [0.2, 0.25) is 5.02 Å². The van der Waals surface area contributed by atoms with Crippen molar-refractivity contribution in [2.24, 2.45) is 5.92 Å². The van der Waals surface area contributed by atoms with Gasteiger partial charge in [0.2, 0.25) is 11.9 Å². The lowest BCUT2D eigenvalue weighted by Crippen LogP contribution is -2.38. The van der Waals surface area contributed by atoms with Gasteiger partial charge >= 0.3 is 0 Å². The molecule has 2 aliphatic rings. The molecule has 8 heteroatoms. The first-order valence-electron chi connectivity index (χ1n) is 11.6. The lowest BCUT2D eigenvalue weighted by molar-refractivity contribution is -0.133. The number of halogens is 1. The Hall–Kier alpha value is -3.06. The van der Waals surface area contributed by atoms with Gasteiger partial charge < -0.3 is 9.80 Å². The zero-order chi connectivity index (χ0) is 22.6. The third-order valence-electron chi connectivity index (χ3n) is 6.59. The first kappa shape index (κ1) is 21.8. The minimum absolute atomic E-state index is 0.0104. The zero-order valence-electron chi connectivity index (χ0n) is 18.5. The molecular weight excluding hydrogens is 436 g/mol. The van der Waals surface area contributed by atoms with E-state index in [0.717, 1.165) is 62.5 Å². The van der Waals surface area contributed by atoms with Crippen LogP contribution in [0.1, 0.15) is 43.8 Å². The first-order chi connectivity index (χ1) is 16.2. The van der Waals surface area contributed by atoms with Crippen LogP contribution in [-0.2, 0) is 4.79 Å². The molecule has 7 nitrogen and oxygen atoms in total. The van der Waals surface area contributed by atoms with E-state index in [9.17, 15) is 4.79 Å². The van der Waals surface area contributed by atoms with Crippen LogP contribution in [0.4, 0.5) is 5.95 Å². The summed E-state index contributed by atoms with van der Waals surface area (Å²) in [4.78, 5) is 35.4. The van der Waals surface area contributed by atoms with Crippen molar-refractivity contribution >= 4 is 23.5 Å². The number of benzene rings is 1. The van der Waals surface area contributed by atoms with E-state index in [-0.39, 0.29) is 11.9 Å². The van der Waals surface area contributed by atoms with Crippen molar-refractivity contribution in [2.45, 2.75) is 38.1 Å². The summed E-state index contributed by atoms with van der Waals surface area (Å²) in [5.41, 5.74) is 1.79. The molecule has 170 valence electrons. The Balaban J connectivity index is 1.23. The molecule has 0 spiro atoms. The number of carbonyl (C=O) groups is 1. The molecule has 2 saturated heterocycles. The van der Waals surface area contributed by atoms with E-state index in [4.69, 9.17) is 16.6 Å². The summed E-state index contributed by atoms with van der Waals surface area (Å²) < 4.78 is 0. The molecule has 0 N–H and O–H groups in total. The highest BCUT2D eigenvalue weighted by atomic mass is 35.5. The van der Waals surface area contributed by atoms with Crippen LogP contribution in [0.5, 0.6) is 0 Å². The number of rotatable bonds is 5. The number of hydrogen-bond donors (Lipinski definition) is 0. The van der Waals surface area contributed by atoms with E-state index in [0.29, 0.717) is 23.2 Å². The lowest BCUT2D eigenvalue weighted by atomic mass is 9.93. The molecule has 0 bridgehead atoms. The molecule has 4 heterocycles. The highest BCUT2D eigenvalue weighted by molar-refractivity contribution is 6.30. The maximum Gasteiger partial charge on any atom is 0.225 e. The van der Waals surface area contributed by atoms with Gasteiger partial charge in [-0.05, 0) is 55.9 Å². The molecule has 5 rings (SSSR count). The second-order valence-corrected chi connectivity index (χ2v) is 9.18. The predicted octanol–water partition coefficient (Wildman–Crippen LogP) is 4.56. The van der Waals surface area contributed by atoms with Gasteiger partial charge in [0.1, 0.15) is 0 Å². The number of piperidine rings is 1. The van der Waals surface area contributed by atoms with Crippen LogP contribution in [-0.4, -0.2) is 50.4 Å². The summed E-state index contributed by atoms with van der Waals surface area (Å²) in [6.07, 6.45) is 9.81. The van der Waals surface area contributed by atoms with E-state index in [2.05, 4.69) is 19.9 Å².